The summed E-state index contributed by atoms with van der Waals surface area (Å²) in [5, 5.41) is 15.3. The van der Waals surface area contributed by atoms with Gasteiger partial charge in [0.25, 0.3) is 0 Å². The van der Waals surface area contributed by atoms with Gasteiger partial charge in [0.15, 0.2) is 17.7 Å². The molecule has 4 aliphatic heterocycles. The Morgan fingerprint density at radius 2 is 1.72 bits per heavy atom. The summed E-state index contributed by atoms with van der Waals surface area (Å²) in [6.45, 7) is 18.2. The molecule has 4 aliphatic rings. The molecule has 13 nitrogen and oxygen atoms in total. The Bertz CT molecular complexity index is 1170. The third-order valence-electron chi connectivity index (χ3n) is 12.1. The topological polar surface area (TPSA) is 139 Å². The number of methoxy groups -OCH3 is 1. The number of ether oxygens (including phenoxy) is 5. The monoisotopic (exact) mass is 710 g/mol. The maximum absolute atomic E-state index is 14.3. The lowest BCUT2D eigenvalue weighted by atomic mass is 9.78. The number of nitrogens with zero attached hydrogens (tertiary/aromatic N) is 3. The minimum Gasteiger partial charge on any atom is -0.458 e. The zero-order valence-electron chi connectivity index (χ0n) is 32.5. The van der Waals surface area contributed by atoms with E-state index in [0.29, 0.717) is 32.4 Å². The highest BCUT2D eigenvalue weighted by molar-refractivity contribution is 6.00. The van der Waals surface area contributed by atoms with Crippen LogP contribution in [0.2, 0.25) is 0 Å². The van der Waals surface area contributed by atoms with Crippen molar-refractivity contribution >= 4 is 17.7 Å². The number of hydrogen-bond donors (Lipinski definition) is 2. The SMILES string of the molecule is CC[C@H]1OC(=O)C(C)C(=O)[C@H](C)[C@@H](OC2OC(CN3CCN(C)CC3)CC(N(C)C)C2O)[C@](C)(OC)C[C@@H](C)CN[C@H](C)[C@H]2CC(=O)O[C@@]21C. The summed E-state index contributed by atoms with van der Waals surface area (Å²) in [4.78, 5) is 47.4. The molecule has 4 rings (SSSR count). The van der Waals surface area contributed by atoms with Gasteiger partial charge in [0.05, 0.1) is 24.2 Å². The largest absolute Gasteiger partial charge is 0.458 e. The molecule has 0 spiro atoms. The highest BCUT2D eigenvalue weighted by Gasteiger charge is 2.55. The van der Waals surface area contributed by atoms with Crippen molar-refractivity contribution < 1.29 is 43.2 Å². The molecular formula is C37H66N4O9. The lowest BCUT2D eigenvalue weighted by Gasteiger charge is -2.48. The molecule has 0 bridgehead atoms. The number of hydrogen-bond acceptors (Lipinski definition) is 13. The number of aliphatic hydroxyl groups excluding tert-OH is 1. The fraction of sp³-hybridized carbons (Fsp3) is 0.919. The molecule has 0 saturated carbocycles. The van der Waals surface area contributed by atoms with Crippen LogP contribution in [0, 0.1) is 23.7 Å². The van der Waals surface area contributed by atoms with Gasteiger partial charge >= 0.3 is 11.9 Å². The molecule has 50 heavy (non-hydrogen) atoms. The fourth-order valence-corrected chi connectivity index (χ4v) is 8.76. The summed E-state index contributed by atoms with van der Waals surface area (Å²) in [6, 6.07) is -0.357. The third-order valence-corrected chi connectivity index (χ3v) is 12.1. The van der Waals surface area contributed by atoms with Crippen molar-refractivity contribution in [1.29, 1.82) is 0 Å². The minimum absolute atomic E-state index is 0.0548. The van der Waals surface area contributed by atoms with Gasteiger partial charge < -0.3 is 43.9 Å². The van der Waals surface area contributed by atoms with E-state index in [9.17, 15) is 19.5 Å². The number of piperazine rings is 1. The highest BCUT2D eigenvalue weighted by atomic mass is 16.7. The zero-order valence-corrected chi connectivity index (χ0v) is 32.5. The van der Waals surface area contributed by atoms with Crippen molar-refractivity contribution in [3.63, 3.8) is 0 Å². The molecule has 0 radical (unpaired) electrons. The van der Waals surface area contributed by atoms with Gasteiger partial charge in [-0.2, -0.15) is 0 Å². The first-order chi connectivity index (χ1) is 23.4. The number of ketones is 1. The number of esters is 2. The van der Waals surface area contributed by atoms with Crippen LogP contribution < -0.4 is 5.32 Å². The second-order valence-electron chi connectivity index (χ2n) is 16.3. The number of rotatable bonds is 7. The molecule has 0 aromatic heterocycles. The van der Waals surface area contributed by atoms with Crippen molar-refractivity contribution in [3.8, 4) is 0 Å². The summed E-state index contributed by atoms with van der Waals surface area (Å²) < 4.78 is 31.6. The van der Waals surface area contributed by atoms with Crippen molar-refractivity contribution in [2.75, 3.05) is 67.5 Å². The first kappa shape index (κ1) is 41.1. The van der Waals surface area contributed by atoms with E-state index in [1.54, 1.807) is 21.0 Å². The molecular weight excluding hydrogens is 644 g/mol. The summed E-state index contributed by atoms with van der Waals surface area (Å²) in [7, 11) is 7.63. The van der Waals surface area contributed by atoms with E-state index in [4.69, 9.17) is 23.7 Å². The van der Waals surface area contributed by atoms with Crippen LogP contribution in [0.4, 0.5) is 0 Å². The number of carbonyl (C=O) groups excluding carboxylic acids is 3. The summed E-state index contributed by atoms with van der Waals surface area (Å²) in [5.41, 5.74) is -2.05. The predicted octanol–water partition coefficient (Wildman–Crippen LogP) is 1.93. The first-order valence-corrected chi connectivity index (χ1v) is 18.7. The second-order valence-corrected chi connectivity index (χ2v) is 16.3. The maximum atomic E-state index is 14.3. The van der Waals surface area contributed by atoms with Gasteiger partial charge in [0, 0.05) is 63.8 Å². The standard InChI is InChI=1S/C37H66N4O9/c1-12-29-37(7)27(18-30(42)50-37)25(5)38-20-22(2)19-36(6,46-11)33(23(3)31(43)24(4)34(45)48-29)49-35-32(44)28(39(8)9)17-26(47-35)21-41-15-13-40(10)14-16-41/h22-29,32-33,35,38,44H,12-21H2,1-11H3/t22-,23+,24?,25-,26?,27-,28?,29-,32?,33-,35?,36-,37+/m1/s1. The lowest BCUT2D eigenvalue weighted by molar-refractivity contribution is -0.299. The van der Waals surface area contributed by atoms with E-state index in [2.05, 4.69) is 29.1 Å². The summed E-state index contributed by atoms with van der Waals surface area (Å²) in [6.07, 6.45) is -2.04. The summed E-state index contributed by atoms with van der Waals surface area (Å²) in [5.74, 6) is -3.50. The first-order valence-electron chi connectivity index (χ1n) is 18.7. The molecule has 288 valence electrons. The maximum Gasteiger partial charge on any atom is 0.316 e. The minimum atomic E-state index is -1.12. The molecule has 4 fully saturated rings. The number of carbonyl (C=O) groups is 3. The van der Waals surface area contributed by atoms with Crippen LogP contribution in [-0.4, -0.2) is 159 Å². The van der Waals surface area contributed by atoms with Gasteiger partial charge in [-0.1, -0.05) is 20.8 Å². The normalized spacial score (nSPS) is 43.5. The Hall–Kier alpha value is -1.71. The molecule has 4 saturated heterocycles. The van der Waals surface area contributed by atoms with Crippen molar-refractivity contribution in [2.45, 2.75) is 128 Å². The number of Topliss-reactive ketones (excluding diaryl/α,β-unsaturated/α-hetero) is 1. The molecule has 13 heteroatoms. The van der Waals surface area contributed by atoms with Crippen molar-refractivity contribution in [3.05, 3.63) is 0 Å². The van der Waals surface area contributed by atoms with Gasteiger partial charge in [-0.3, -0.25) is 19.3 Å². The Labute approximate surface area is 300 Å². The number of fused-ring (bicyclic) bond motifs is 1. The van der Waals surface area contributed by atoms with E-state index < -0.39 is 53.6 Å². The Kier molecular flexibility index (Phi) is 13.9. The number of nitrogens with one attached hydrogen (secondary N) is 1. The smallest absolute Gasteiger partial charge is 0.316 e. The molecule has 0 aliphatic carbocycles. The van der Waals surface area contributed by atoms with Crippen molar-refractivity contribution in [2.24, 2.45) is 23.7 Å². The van der Waals surface area contributed by atoms with E-state index >= 15 is 0 Å². The van der Waals surface area contributed by atoms with Crippen LogP contribution in [0.3, 0.4) is 0 Å². The van der Waals surface area contributed by atoms with Crippen LogP contribution in [0.1, 0.15) is 74.1 Å². The Balaban J connectivity index is 1.66. The van der Waals surface area contributed by atoms with Gasteiger partial charge in [-0.05, 0) is 80.6 Å². The van der Waals surface area contributed by atoms with Crippen LogP contribution in [0.15, 0.2) is 0 Å². The van der Waals surface area contributed by atoms with Crippen molar-refractivity contribution in [1.82, 2.24) is 20.0 Å². The molecule has 2 N–H and O–H groups in total. The zero-order chi connectivity index (χ0) is 37.1. The van der Waals surface area contributed by atoms with E-state index in [1.165, 1.54) is 0 Å². The van der Waals surface area contributed by atoms with Crippen LogP contribution >= 0.6 is 0 Å². The molecule has 4 heterocycles. The number of aliphatic hydroxyl groups is 1. The lowest BCUT2D eigenvalue weighted by Crippen LogP contribution is -2.60. The van der Waals surface area contributed by atoms with E-state index in [0.717, 1.165) is 26.2 Å². The summed E-state index contributed by atoms with van der Waals surface area (Å²) >= 11 is 0. The van der Waals surface area contributed by atoms with E-state index in [-0.39, 0.29) is 48.2 Å². The molecule has 13 atom stereocenters. The average molecular weight is 711 g/mol. The average Bonchev–Trinajstić information content (AvgIpc) is 3.39. The second kappa shape index (κ2) is 17.0. The van der Waals surface area contributed by atoms with Crippen LogP contribution in [0.5, 0.6) is 0 Å². The molecule has 0 amide bonds. The van der Waals surface area contributed by atoms with Crippen LogP contribution in [-0.2, 0) is 38.1 Å². The van der Waals surface area contributed by atoms with Crippen LogP contribution in [0.25, 0.3) is 0 Å². The fourth-order valence-electron chi connectivity index (χ4n) is 8.76. The number of cyclic esters (lactones) is 1. The number of likely N-dealkylation sites (N-methyl/N-ethyl adjacent to an activating group) is 2. The van der Waals surface area contributed by atoms with E-state index in [1.807, 2.05) is 46.7 Å². The van der Waals surface area contributed by atoms with Gasteiger partial charge in [0.2, 0.25) is 0 Å². The Morgan fingerprint density at radius 1 is 1.06 bits per heavy atom. The molecule has 5 unspecified atom stereocenters. The van der Waals surface area contributed by atoms with Gasteiger partial charge in [0.1, 0.15) is 18.1 Å². The predicted molar refractivity (Wildman–Crippen MR) is 188 cm³/mol. The molecule has 0 aromatic rings. The third kappa shape index (κ3) is 9.07. The Morgan fingerprint density at radius 3 is 2.32 bits per heavy atom. The van der Waals surface area contributed by atoms with Gasteiger partial charge in [-0.15, -0.1) is 0 Å². The quantitative estimate of drug-likeness (QED) is 0.294. The molecule has 0 aromatic carbocycles. The highest BCUT2D eigenvalue weighted by Crippen LogP contribution is 2.42. The van der Waals surface area contributed by atoms with Gasteiger partial charge in [-0.25, -0.2) is 0 Å².